The van der Waals surface area contributed by atoms with Crippen molar-refractivity contribution in [3.63, 3.8) is 0 Å². The van der Waals surface area contributed by atoms with E-state index in [2.05, 4.69) is 26.1 Å². The van der Waals surface area contributed by atoms with Crippen molar-refractivity contribution in [3.05, 3.63) is 52.0 Å². The van der Waals surface area contributed by atoms with Crippen LogP contribution in [-0.2, 0) is 22.4 Å². The van der Waals surface area contributed by atoms with Crippen molar-refractivity contribution in [2.24, 2.45) is 5.92 Å². The van der Waals surface area contributed by atoms with E-state index in [1.807, 2.05) is 34.1 Å². The maximum Gasteiger partial charge on any atom is 0.410 e. The van der Waals surface area contributed by atoms with Gasteiger partial charge in [-0.25, -0.2) is 9.59 Å². The molecule has 3 saturated heterocycles. The molecule has 11 nitrogen and oxygen atoms in total. The van der Waals surface area contributed by atoms with E-state index >= 15 is 0 Å². The summed E-state index contributed by atoms with van der Waals surface area (Å²) in [5, 5.41) is 23.8. The number of urea groups is 1. The van der Waals surface area contributed by atoms with Crippen LogP contribution in [0, 0.1) is 5.92 Å². The number of aliphatic hydroxyl groups is 1. The van der Waals surface area contributed by atoms with Gasteiger partial charge in [0.2, 0.25) is 0 Å². The summed E-state index contributed by atoms with van der Waals surface area (Å²) in [6.07, 6.45) is 6.12. The molecule has 3 N–H and O–H groups in total. The summed E-state index contributed by atoms with van der Waals surface area (Å²) >= 11 is 3.34. The number of phenolic OH excluding ortho intramolecular Hbond substituents is 1. The molecule has 0 spiro atoms. The molecule has 0 unspecified atom stereocenters. The molecule has 0 aromatic heterocycles. The van der Waals surface area contributed by atoms with Gasteiger partial charge in [0, 0.05) is 56.9 Å². The van der Waals surface area contributed by atoms with Crippen LogP contribution in [0.4, 0.5) is 15.3 Å². The lowest BCUT2D eigenvalue weighted by Crippen LogP contribution is -2.53. The molecular weight excluding hydrogens is 701 g/mol. The number of hydrogen-bond donors (Lipinski definition) is 3. The Balaban J connectivity index is 0.963. The SMILES string of the molecule is [B]c1cc(C[C@@H](OC(=O)N2CCC(N3CCc4ccccc4NC3=O)CC2)C(=O)N2CCC(N3CCC(C4(O)CC4)CC3)CC2)cc(Br)c1O. The van der Waals surface area contributed by atoms with Crippen LogP contribution in [0.5, 0.6) is 5.75 Å². The van der Waals surface area contributed by atoms with Gasteiger partial charge in [0.05, 0.1) is 10.1 Å². The molecule has 4 aliphatic heterocycles. The van der Waals surface area contributed by atoms with E-state index < -0.39 is 17.8 Å². The average molecular weight is 749 g/mol. The quantitative estimate of drug-likeness (QED) is 0.369. The third kappa shape index (κ3) is 7.65. The van der Waals surface area contributed by atoms with Gasteiger partial charge < -0.3 is 39.9 Å². The lowest BCUT2D eigenvalue weighted by Gasteiger charge is -2.43. The third-order valence-electron chi connectivity index (χ3n) is 11.7. The van der Waals surface area contributed by atoms with Crippen LogP contribution >= 0.6 is 15.9 Å². The highest BCUT2D eigenvalue weighted by Crippen LogP contribution is 2.46. The Morgan fingerprint density at radius 1 is 0.940 bits per heavy atom. The zero-order valence-electron chi connectivity index (χ0n) is 28.6. The Hall–Kier alpha value is -3.29. The molecule has 4 amide bonds. The summed E-state index contributed by atoms with van der Waals surface area (Å²) in [5.74, 6) is 0.100. The van der Waals surface area contributed by atoms with Crippen molar-refractivity contribution in [3.8, 4) is 5.75 Å². The maximum absolute atomic E-state index is 14.1. The fourth-order valence-corrected chi connectivity index (χ4v) is 9.00. The number of anilines is 1. The van der Waals surface area contributed by atoms with E-state index in [1.165, 1.54) is 0 Å². The van der Waals surface area contributed by atoms with E-state index in [0.717, 1.165) is 69.3 Å². The van der Waals surface area contributed by atoms with E-state index in [4.69, 9.17) is 12.6 Å². The Labute approximate surface area is 303 Å². The standard InChI is InChI=1S/C37H47BBrN5O6/c38-29-21-24(22-30(39)33(29)45)23-32(34(46)42-16-8-27(9-17-42)41-14-6-26(7-15-41)37(49)12-13-37)50-36(48)43-18-10-28(11-19-43)44-20-5-25-3-1-2-4-31(25)40-35(44)47/h1-4,21-22,26-28,32,45,49H,5-20,23H2,(H,40,47)/t32-/m1/s1. The first kappa shape index (κ1) is 35.1. The summed E-state index contributed by atoms with van der Waals surface area (Å²) in [7, 11) is 6.03. The monoisotopic (exact) mass is 747 g/mol. The number of piperidine rings is 3. The zero-order chi connectivity index (χ0) is 35.0. The molecule has 50 heavy (non-hydrogen) atoms. The van der Waals surface area contributed by atoms with Gasteiger partial charge >= 0.3 is 12.1 Å². The highest BCUT2D eigenvalue weighted by molar-refractivity contribution is 9.10. The summed E-state index contributed by atoms with van der Waals surface area (Å²) in [6.45, 7) is 4.56. The third-order valence-corrected chi connectivity index (χ3v) is 12.3. The molecule has 0 bridgehead atoms. The highest BCUT2D eigenvalue weighted by Gasteiger charge is 2.48. The number of nitrogens with zero attached hydrogens (tertiary/aromatic N) is 4. The van der Waals surface area contributed by atoms with Crippen molar-refractivity contribution < 1.29 is 29.3 Å². The summed E-state index contributed by atoms with van der Waals surface area (Å²) in [5.41, 5.74) is 2.38. The van der Waals surface area contributed by atoms with Gasteiger partial charge in [-0.2, -0.15) is 0 Å². The number of phenols is 1. The van der Waals surface area contributed by atoms with E-state index in [-0.39, 0.29) is 35.6 Å². The molecule has 2 aromatic carbocycles. The Morgan fingerprint density at radius 2 is 1.60 bits per heavy atom. The van der Waals surface area contributed by atoms with Crippen molar-refractivity contribution in [1.82, 2.24) is 19.6 Å². The number of carbonyl (C=O) groups is 3. The first-order valence-corrected chi connectivity index (χ1v) is 19.0. The van der Waals surface area contributed by atoms with Crippen LogP contribution in [0.15, 0.2) is 40.9 Å². The van der Waals surface area contributed by atoms with E-state index in [9.17, 15) is 24.6 Å². The van der Waals surface area contributed by atoms with Crippen LogP contribution in [0.3, 0.4) is 0 Å². The first-order valence-electron chi connectivity index (χ1n) is 18.2. The fraction of sp³-hybridized carbons (Fsp3) is 0.595. The van der Waals surface area contributed by atoms with Crippen molar-refractivity contribution in [2.75, 3.05) is 51.1 Å². The smallest absolute Gasteiger partial charge is 0.410 e. The molecule has 2 aromatic rings. The topological polar surface area (TPSA) is 126 Å². The Bertz CT molecular complexity index is 1560. The first-order chi connectivity index (χ1) is 24.1. The van der Waals surface area contributed by atoms with Gasteiger partial charge in [-0.3, -0.25) is 4.79 Å². The Morgan fingerprint density at radius 3 is 2.28 bits per heavy atom. The Kier molecular flexibility index (Phi) is 10.4. The molecule has 7 rings (SSSR count). The lowest BCUT2D eigenvalue weighted by atomic mass is 9.88. The van der Waals surface area contributed by atoms with Gasteiger partial charge in [0.1, 0.15) is 13.6 Å². The lowest BCUT2D eigenvalue weighted by molar-refractivity contribution is -0.142. The minimum Gasteiger partial charge on any atom is -0.507 e. The number of benzene rings is 2. The number of nitrogens with one attached hydrogen (secondary N) is 1. The number of likely N-dealkylation sites (tertiary alicyclic amines) is 3. The predicted molar refractivity (Wildman–Crippen MR) is 194 cm³/mol. The molecule has 1 saturated carbocycles. The van der Waals surface area contributed by atoms with Crippen LogP contribution < -0.4 is 10.8 Å². The van der Waals surface area contributed by atoms with Crippen LogP contribution in [0.1, 0.15) is 62.5 Å². The van der Waals surface area contributed by atoms with Gasteiger partial charge in [-0.15, -0.1) is 0 Å². The number of para-hydroxylation sites is 1. The number of hydrogen-bond acceptors (Lipinski definition) is 7. The zero-order valence-corrected chi connectivity index (χ0v) is 30.2. The molecule has 1 aliphatic carbocycles. The van der Waals surface area contributed by atoms with Crippen LogP contribution in [-0.4, -0.2) is 125 Å². The highest BCUT2D eigenvalue weighted by atomic mass is 79.9. The minimum absolute atomic E-state index is 0.00587. The maximum atomic E-state index is 14.1. The second-order valence-corrected chi connectivity index (χ2v) is 15.7. The number of ether oxygens (including phenoxy) is 1. The molecule has 266 valence electrons. The molecule has 4 heterocycles. The van der Waals surface area contributed by atoms with Gasteiger partial charge in [0.15, 0.2) is 6.10 Å². The average Bonchev–Trinajstić information content (AvgIpc) is 3.91. The second-order valence-electron chi connectivity index (χ2n) is 14.8. The van der Waals surface area contributed by atoms with Gasteiger partial charge in [-0.1, -0.05) is 29.7 Å². The number of aromatic hydroxyl groups is 1. The molecule has 5 aliphatic rings. The molecular formula is C37H47BBrN5O6. The number of carbonyl (C=O) groups excluding carboxylic acids is 3. The van der Waals surface area contributed by atoms with Crippen molar-refractivity contribution >= 4 is 53.0 Å². The van der Waals surface area contributed by atoms with Crippen molar-refractivity contribution in [1.29, 1.82) is 0 Å². The van der Waals surface area contributed by atoms with Crippen LogP contribution in [0.25, 0.3) is 0 Å². The van der Waals surface area contributed by atoms with E-state index in [0.29, 0.717) is 67.6 Å². The number of rotatable bonds is 7. The van der Waals surface area contributed by atoms with E-state index in [1.54, 1.807) is 17.0 Å². The van der Waals surface area contributed by atoms with Crippen molar-refractivity contribution in [2.45, 2.75) is 88.0 Å². The molecule has 1 atom stereocenters. The van der Waals surface area contributed by atoms with Gasteiger partial charge in [-0.05, 0) is 116 Å². The van der Waals surface area contributed by atoms with Gasteiger partial charge in [0.25, 0.3) is 5.91 Å². The molecule has 2 radical (unpaired) electrons. The largest absolute Gasteiger partial charge is 0.507 e. The number of fused-ring (bicyclic) bond motifs is 1. The number of halogens is 1. The van der Waals surface area contributed by atoms with Crippen LogP contribution in [0.2, 0.25) is 0 Å². The molecule has 4 fully saturated rings. The summed E-state index contributed by atoms with van der Waals surface area (Å²) in [6, 6.07) is 11.4. The second kappa shape index (κ2) is 14.8. The summed E-state index contributed by atoms with van der Waals surface area (Å²) < 4.78 is 6.43. The molecule has 13 heteroatoms. The normalized spacial score (nSPS) is 22.8. The number of amides is 4. The predicted octanol–water partition coefficient (Wildman–Crippen LogP) is 3.78. The fourth-order valence-electron chi connectivity index (χ4n) is 8.48. The summed E-state index contributed by atoms with van der Waals surface area (Å²) in [4.78, 5) is 48.6. The minimum atomic E-state index is -1.06.